The van der Waals surface area contributed by atoms with Crippen molar-refractivity contribution in [2.45, 2.75) is 37.6 Å². The molecular weight excluding hydrogens is 393 g/mol. The Kier molecular flexibility index (Phi) is 8.48. The van der Waals surface area contributed by atoms with Gasteiger partial charge in [-0.3, -0.25) is 4.99 Å². The zero-order valence-electron chi connectivity index (χ0n) is 13.1. The Hall–Kier alpha value is -0.430. The third kappa shape index (κ3) is 6.46. The largest absolute Gasteiger partial charge is 0.356 e. The average Bonchev–Trinajstić information content (AvgIpc) is 3.27. The van der Waals surface area contributed by atoms with Crippen molar-refractivity contribution in [1.29, 1.82) is 0 Å². The molecule has 1 saturated carbocycles. The molecule has 1 aliphatic carbocycles. The van der Waals surface area contributed by atoms with Gasteiger partial charge in [-0.05, 0) is 42.7 Å². The predicted molar refractivity (Wildman–Crippen MR) is 104 cm³/mol. The minimum Gasteiger partial charge on any atom is -0.356 e. The van der Waals surface area contributed by atoms with Crippen molar-refractivity contribution in [3.05, 3.63) is 29.3 Å². The van der Waals surface area contributed by atoms with E-state index >= 15 is 0 Å². The summed E-state index contributed by atoms with van der Waals surface area (Å²) < 4.78 is 0. The molecule has 2 rings (SSSR count). The smallest absolute Gasteiger partial charge is 0.191 e. The van der Waals surface area contributed by atoms with Crippen molar-refractivity contribution in [1.82, 2.24) is 10.6 Å². The Labute approximate surface area is 149 Å². The van der Waals surface area contributed by atoms with Gasteiger partial charge in [0.05, 0.1) is 0 Å². The van der Waals surface area contributed by atoms with Crippen LogP contribution in [0.25, 0.3) is 0 Å². The van der Waals surface area contributed by atoms with Crippen molar-refractivity contribution in [2.75, 3.05) is 19.8 Å². The van der Waals surface area contributed by atoms with Crippen LogP contribution in [0.15, 0.2) is 28.1 Å². The van der Waals surface area contributed by atoms with Crippen LogP contribution < -0.4 is 10.6 Å². The van der Waals surface area contributed by atoms with E-state index in [1.807, 2.05) is 7.05 Å². The van der Waals surface area contributed by atoms with Crippen molar-refractivity contribution < 1.29 is 0 Å². The topological polar surface area (TPSA) is 36.4 Å². The summed E-state index contributed by atoms with van der Waals surface area (Å²) >= 11 is 1.80. The number of guanidine groups is 1. The van der Waals surface area contributed by atoms with E-state index in [4.69, 9.17) is 0 Å². The van der Waals surface area contributed by atoms with Gasteiger partial charge in [0.25, 0.3) is 0 Å². The monoisotopic (exact) mass is 419 g/mol. The number of rotatable bonds is 6. The van der Waals surface area contributed by atoms with Crippen molar-refractivity contribution >= 4 is 41.7 Å². The number of nitrogens with one attached hydrogen (secondary N) is 2. The fourth-order valence-corrected chi connectivity index (χ4v) is 2.90. The molecule has 1 aromatic carbocycles. The van der Waals surface area contributed by atoms with Crippen LogP contribution in [0.1, 0.15) is 30.4 Å². The number of aliphatic imine (C=N–C) groups is 1. The molecule has 0 radical (unpaired) electrons. The highest BCUT2D eigenvalue weighted by molar-refractivity contribution is 14.0. The van der Waals surface area contributed by atoms with Crippen LogP contribution in [0.4, 0.5) is 0 Å². The highest BCUT2D eigenvalue weighted by atomic mass is 127. The van der Waals surface area contributed by atoms with Crippen LogP contribution in [0, 0.1) is 12.8 Å². The normalized spacial score (nSPS) is 14.5. The summed E-state index contributed by atoms with van der Waals surface area (Å²) in [6.07, 6.45) is 6.21. The second-order valence-corrected chi connectivity index (χ2v) is 6.25. The summed E-state index contributed by atoms with van der Waals surface area (Å²) in [5, 5.41) is 6.79. The molecule has 2 N–H and O–H groups in total. The first-order chi connectivity index (χ1) is 9.72. The summed E-state index contributed by atoms with van der Waals surface area (Å²) in [5.74, 6) is 1.86. The van der Waals surface area contributed by atoms with Gasteiger partial charge >= 0.3 is 0 Å². The van der Waals surface area contributed by atoms with E-state index in [0.29, 0.717) is 0 Å². The summed E-state index contributed by atoms with van der Waals surface area (Å²) in [6.45, 7) is 3.97. The van der Waals surface area contributed by atoms with Gasteiger partial charge in [-0.2, -0.15) is 0 Å². The summed E-state index contributed by atoms with van der Waals surface area (Å²) in [5.41, 5.74) is 2.64. The molecule has 1 aromatic rings. The zero-order chi connectivity index (χ0) is 14.4. The predicted octanol–water partition coefficient (Wildman–Crippen LogP) is 3.80. The molecule has 0 spiro atoms. The Morgan fingerprint density at radius 3 is 2.71 bits per heavy atom. The van der Waals surface area contributed by atoms with Gasteiger partial charge in [0.2, 0.25) is 0 Å². The maximum Gasteiger partial charge on any atom is 0.191 e. The maximum atomic E-state index is 4.28. The third-order valence-electron chi connectivity index (χ3n) is 3.65. The first-order valence-corrected chi connectivity index (χ1v) is 8.53. The van der Waals surface area contributed by atoms with Crippen molar-refractivity contribution in [3.8, 4) is 0 Å². The highest BCUT2D eigenvalue weighted by Crippen LogP contribution is 2.31. The first kappa shape index (κ1) is 18.6. The fraction of sp³-hybridized carbons (Fsp3) is 0.562. The maximum absolute atomic E-state index is 4.28. The molecule has 0 heterocycles. The molecule has 21 heavy (non-hydrogen) atoms. The number of nitrogens with zero attached hydrogens (tertiary/aromatic N) is 1. The van der Waals surface area contributed by atoms with E-state index in [0.717, 1.165) is 25.0 Å². The molecular formula is C16H26IN3S. The van der Waals surface area contributed by atoms with E-state index in [1.165, 1.54) is 35.3 Å². The highest BCUT2D eigenvalue weighted by Gasteiger charge is 2.20. The van der Waals surface area contributed by atoms with Crippen LogP contribution in [0.2, 0.25) is 0 Å². The lowest BCUT2D eigenvalue weighted by Crippen LogP contribution is -2.37. The minimum absolute atomic E-state index is 0. The van der Waals surface area contributed by atoms with Gasteiger partial charge in [-0.15, -0.1) is 35.7 Å². The number of aryl methyl sites for hydroxylation is 1. The Morgan fingerprint density at radius 2 is 2.10 bits per heavy atom. The SMILES string of the molecule is CN=C(NCCC1CC1)NCc1ccc(C)cc1SC.I. The molecule has 0 aliphatic heterocycles. The van der Waals surface area contributed by atoms with Crippen LogP contribution >= 0.6 is 35.7 Å². The third-order valence-corrected chi connectivity index (χ3v) is 4.47. The van der Waals surface area contributed by atoms with Crippen molar-refractivity contribution in [3.63, 3.8) is 0 Å². The molecule has 118 valence electrons. The molecule has 1 fully saturated rings. The van der Waals surface area contributed by atoms with Crippen molar-refractivity contribution in [2.24, 2.45) is 10.9 Å². The molecule has 0 saturated heterocycles. The molecule has 0 aromatic heterocycles. The molecule has 0 bridgehead atoms. The number of hydrogen-bond donors (Lipinski definition) is 2. The van der Waals surface area contributed by atoms with E-state index in [1.54, 1.807) is 11.8 Å². The first-order valence-electron chi connectivity index (χ1n) is 7.31. The van der Waals surface area contributed by atoms with Gasteiger partial charge < -0.3 is 10.6 Å². The van der Waals surface area contributed by atoms with Crippen LogP contribution in [-0.2, 0) is 6.54 Å². The minimum atomic E-state index is 0. The Morgan fingerprint density at radius 1 is 1.33 bits per heavy atom. The van der Waals surface area contributed by atoms with Crippen LogP contribution in [0.3, 0.4) is 0 Å². The number of hydrogen-bond acceptors (Lipinski definition) is 2. The van der Waals surface area contributed by atoms with E-state index < -0.39 is 0 Å². The average molecular weight is 419 g/mol. The number of benzene rings is 1. The van der Waals surface area contributed by atoms with E-state index in [2.05, 4.69) is 47.0 Å². The fourth-order valence-electron chi connectivity index (χ4n) is 2.20. The van der Waals surface area contributed by atoms with Gasteiger partial charge in [0.15, 0.2) is 5.96 Å². The summed E-state index contributed by atoms with van der Waals surface area (Å²) in [7, 11) is 1.83. The molecule has 0 unspecified atom stereocenters. The number of thioether (sulfide) groups is 1. The zero-order valence-corrected chi connectivity index (χ0v) is 16.3. The van der Waals surface area contributed by atoms with Gasteiger partial charge in [0, 0.05) is 25.0 Å². The summed E-state index contributed by atoms with van der Waals surface area (Å²) in [4.78, 5) is 5.62. The van der Waals surface area contributed by atoms with Gasteiger partial charge in [-0.1, -0.05) is 25.0 Å². The lowest BCUT2D eigenvalue weighted by atomic mass is 10.1. The number of halogens is 1. The van der Waals surface area contributed by atoms with Gasteiger partial charge in [0.1, 0.15) is 0 Å². The summed E-state index contributed by atoms with van der Waals surface area (Å²) in [6, 6.07) is 6.61. The lowest BCUT2D eigenvalue weighted by molar-refractivity contribution is 0.684. The van der Waals surface area contributed by atoms with Crippen LogP contribution in [0.5, 0.6) is 0 Å². The Bertz CT molecular complexity index is 473. The second kappa shape index (κ2) is 9.56. The van der Waals surface area contributed by atoms with E-state index in [9.17, 15) is 0 Å². The standard InChI is InChI=1S/C16H25N3S.HI/c1-12-4-7-14(15(10-12)20-3)11-19-16(17-2)18-9-8-13-5-6-13;/h4,7,10,13H,5-6,8-9,11H2,1-3H3,(H2,17,18,19);1H. The molecule has 1 aliphatic rings. The Balaban J connectivity index is 0.00000220. The molecule has 0 amide bonds. The molecule has 5 heteroatoms. The molecule has 3 nitrogen and oxygen atoms in total. The second-order valence-electron chi connectivity index (χ2n) is 5.40. The lowest BCUT2D eigenvalue weighted by Gasteiger charge is -2.14. The quantitative estimate of drug-likeness (QED) is 0.319. The van der Waals surface area contributed by atoms with Crippen LogP contribution in [-0.4, -0.2) is 25.8 Å². The molecule has 0 atom stereocenters. The van der Waals surface area contributed by atoms with E-state index in [-0.39, 0.29) is 24.0 Å². The van der Waals surface area contributed by atoms with Gasteiger partial charge in [-0.25, -0.2) is 0 Å².